The molecule has 1 aliphatic rings. The Morgan fingerprint density at radius 2 is 1.79 bits per heavy atom. The van der Waals surface area contributed by atoms with Crippen LogP contribution in [0.2, 0.25) is 5.02 Å². The number of nitrogens with two attached hydrogens (primary N) is 1. The smallest absolute Gasteiger partial charge is 0.254 e. The lowest BCUT2D eigenvalue weighted by Crippen LogP contribution is -2.36. The fraction of sp³-hybridized carbons (Fsp3) is 0.303. The number of thiophene rings is 1. The van der Waals surface area contributed by atoms with E-state index in [4.69, 9.17) is 17.3 Å². The van der Waals surface area contributed by atoms with Gasteiger partial charge in [0.15, 0.2) is 0 Å². The average Bonchev–Trinajstić information content (AvgIpc) is 3.41. The van der Waals surface area contributed by atoms with Gasteiger partial charge in [0.05, 0.1) is 17.3 Å². The number of likely N-dealkylation sites (N-methyl/N-ethyl adjacent to an activating group) is 2. The second-order valence-corrected chi connectivity index (χ2v) is 12.0. The Morgan fingerprint density at radius 1 is 1.14 bits per heavy atom. The van der Waals surface area contributed by atoms with E-state index in [9.17, 15) is 19.5 Å². The molecule has 43 heavy (non-hydrogen) atoms. The minimum absolute atomic E-state index is 0.0338. The van der Waals surface area contributed by atoms with Gasteiger partial charge in [-0.05, 0) is 81.6 Å². The summed E-state index contributed by atoms with van der Waals surface area (Å²) in [6.07, 6.45) is 4.74. The van der Waals surface area contributed by atoms with Crippen LogP contribution in [0.4, 0.5) is 5.69 Å². The van der Waals surface area contributed by atoms with E-state index in [2.05, 4.69) is 0 Å². The molecule has 0 spiro atoms. The first-order valence-electron chi connectivity index (χ1n) is 13.8. The molecule has 0 fully saturated rings. The van der Waals surface area contributed by atoms with Crippen LogP contribution in [-0.2, 0) is 17.9 Å². The van der Waals surface area contributed by atoms with Crippen molar-refractivity contribution < 1.29 is 14.7 Å². The number of benzene rings is 2. The lowest BCUT2D eigenvalue weighted by molar-refractivity contribution is -0.119. The lowest BCUT2D eigenvalue weighted by Gasteiger charge is -2.29. The number of carbonyl (C=O) groups excluding carboxylic acids is 2. The number of hydrogen-bond donors (Lipinski definition) is 2. The number of allylic oxidation sites excluding steroid dienone is 2. The zero-order chi connectivity index (χ0) is 31.8. The molecule has 3 heterocycles. The molecule has 10 heteroatoms. The molecular formula is C33H39ClN4O4S. The van der Waals surface area contributed by atoms with Crippen LogP contribution in [0.1, 0.15) is 51.9 Å². The van der Waals surface area contributed by atoms with Crippen LogP contribution in [0.15, 0.2) is 71.0 Å². The highest BCUT2D eigenvalue weighted by Crippen LogP contribution is 2.31. The van der Waals surface area contributed by atoms with E-state index < -0.39 is 17.4 Å². The number of hydrogen-bond acceptors (Lipinski definition) is 6. The maximum Gasteiger partial charge on any atom is 0.254 e. The predicted octanol–water partition coefficient (Wildman–Crippen LogP) is 5.84. The van der Waals surface area contributed by atoms with Crippen LogP contribution in [0.3, 0.4) is 0 Å². The number of amides is 2. The zero-order valence-electron chi connectivity index (χ0n) is 25.4. The Bertz CT molecular complexity index is 1650. The van der Waals surface area contributed by atoms with Crippen molar-refractivity contribution in [2.75, 3.05) is 25.5 Å². The molecule has 0 radical (unpaired) electrons. The van der Waals surface area contributed by atoms with Gasteiger partial charge in [-0.25, -0.2) is 0 Å². The molecule has 1 atom stereocenters. The minimum atomic E-state index is -0.819. The van der Waals surface area contributed by atoms with Gasteiger partial charge < -0.3 is 20.3 Å². The van der Waals surface area contributed by atoms with Crippen molar-refractivity contribution in [2.45, 2.75) is 46.9 Å². The molecule has 2 aromatic heterocycles. The Morgan fingerprint density at radius 3 is 2.33 bits per heavy atom. The Balaban J connectivity index is 0.000000353. The first-order valence-corrected chi connectivity index (χ1v) is 15.1. The molecule has 0 saturated carbocycles. The summed E-state index contributed by atoms with van der Waals surface area (Å²) < 4.78 is 1.62. The first-order chi connectivity index (χ1) is 20.4. The zero-order valence-corrected chi connectivity index (χ0v) is 27.0. The minimum Gasteiger partial charge on any atom is -0.387 e. The normalized spacial score (nSPS) is 13.0. The second-order valence-electron chi connectivity index (χ2n) is 10.5. The maximum atomic E-state index is 12.9. The third-order valence-corrected chi connectivity index (χ3v) is 8.07. The molecule has 2 aromatic carbocycles. The molecule has 1 aliphatic heterocycles. The van der Waals surface area contributed by atoms with Crippen molar-refractivity contribution in [2.24, 2.45) is 5.73 Å². The quantitative estimate of drug-likeness (QED) is 0.263. The van der Waals surface area contributed by atoms with E-state index in [1.54, 1.807) is 29.0 Å². The molecule has 0 bridgehead atoms. The Hall–Kier alpha value is -3.76. The Labute approximate surface area is 261 Å². The number of nitrogens with zero attached hydrogens (tertiary/aromatic N) is 3. The Kier molecular flexibility index (Phi) is 11.9. The number of carbonyl (C=O) groups is 2. The van der Waals surface area contributed by atoms with Gasteiger partial charge in [0, 0.05) is 41.6 Å². The first kappa shape index (κ1) is 33.7. The van der Waals surface area contributed by atoms with Crippen LogP contribution in [0, 0.1) is 13.8 Å². The monoisotopic (exact) mass is 622 g/mol. The van der Waals surface area contributed by atoms with Gasteiger partial charge in [-0.15, -0.1) is 11.3 Å². The average molecular weight is 623 g/mol. The summed E-state index contributed by atoms with van der Waals surface area (Å²) in [7, 11) is 3.55. The number of aromatic nitrogens is 1. The van der Waals surface area contributed by atoms with E-state index in [-0.39, 0.29) is 18.0 Å². The summed E-state index contributed by atoms with van der Waals surface area (Å²) in [5.74, 6) is -0.970. The topological polar surface area (TPSA) is 109 Å². The van der Waals surface area contributed by atoms with Crippen molar-refractivity contribution in [3.05, 3.63) is 109 Å². The summed E-state index contributed by atoms with van der Waals surface area (Å²) in [6.45, 7) is 8.92. The van der Waals surface area contributed by atoms with Crippen LogP contribution in [0.25, 0.3) is 10.9 Å². The highest BCUT2D eigenvalue weighted by molar-refractivity contribution is 7.10. The van der Waals surface area contributed by atoms with Crippen molar-refractivity contribution in [1.82, 2.24) is 9.47 Å². The fourth-order valence-electron chi connectivity index (χ4n) is 4.56. The van der Waals surface area contributed by atoms with E-state index in [0.717, 1.165) is 21.0 Å². The molecular weight excluding hydrogens is 584 g/mol. The summed E-state index contributed by atoms with van der Waals surface area (Å²) in [5.41, 5.74) is 8.95. The van der Waals surface area contributed by atoms with Gasteiger partial charge in [-0.1, -0.05) is 41.4 Å². The number of anilines is 1. The highest BCUT2D eigenvalue weighted by Gasteiger charge is 2.26. The van der Waals surface area contributed by atoms with Gasteiger partial charge >= 0.3 is 0 Å². The summed E-state index contributed by atoms with van der Waals surface area (Å²) in [5, 5.41) is 13.6. The molecule has 0 aliphatic carbocycles. The van der Waals surface area contributed by atoms with Crippen LogP contribution >= 0.6 is 22.9 Å². The molecule has 2 amide bonds. The molecule has 3 N–H and O–H groups in total. The van der Waals surface area contributed by atoms with Gasteiger partial charge in [0.2, 0.25) is 11.3 Å². The second kappa shape index (κ2) is 15.1. The van der Waals surface area contributed by atoms with Crippen molar-refractivity contribution >= 4 is 51.3 Å². The highest BCUT2D eigenvalue weighted by atomic mass is 35.5. The summed E-state index contributed by atoms with van der Waals surface area (Å²) in [6, 6.07) is 13.3. The van der Waals surface area contributed by atoms with E-state index in [1.807, 2.05) is 93.6 Å². The predicted molar refractivity (Wildman–Crippen MR) is 177 cm³/mol. The van der Waals surface area contributed by atoms with Crippen LogP contribution in [0.5, 0.6) is 0 Å². The molecule has 4 aromatic rings. The molecule has 8 nitrogen and oxygen atoms in total. The molecule has 1 unspecified atom stereocenters. The number of aliphatic hydroxyl groups excluding tert-OH is 1. The standard InChI is InChI=1S/C22H24N4O4S.C7H7Cl.C4H8/c1-12-4-14(11-31-12)18(27)9-24(2)7-13-5-15-20-17(6-13)25(3)19(28)10-26(20)8-16(21(15)29)22(23)30;1-6-2-4-7(8)5-3-6;1-3-4-2/h4-6,8,11,18,27H,7,9-10H2,1-3H3,(H2,23,30);2-5H,1H3;3-4H,1-2H3/b;;4-3-. The molecule has 228 valence electrons. The molecule has 0 saturated heterocycles. The van der Waals surface area contributed by atoms with E-state index in [1.165, 1.54) is 16.7 Å². The fourth-order valence-corrected chi connectivity index (χ4v) is 5.44. The van der Waals surface area contributed by atoms with Crippen molar-refractivity contribution in [3.8, 4) is 0 Å². The van der Waals surface area contributed by atoms with E-state index in [0.29, 0.717) is 29.7 Å². The summed E-state index contributed by atoms with van der Waals surface area (Å²) in [4.78, 5) is 41.8. The van der Waals surface area contributed by atoms with Gasteiger partial charge in [0.25, 0.3) is 5.91 Å². The van der Waals surface area contributed by atoms with E-state index >= 15 is 0 Å². The number of halogens is 1. The van der Waals surface area contributed by atoms with Gasteiger partial charge in [0.1, 0.15) is 12.1 Å². The van der Waals surface area contributed by atoms with Gasteiger partial charge in [-0.2, -0.15) is 0 Å². The number of primary amides is 1. The lowest BCUT2D eigenvalue weighted by atomic mass is 10.0. The van der Waals surface area contributed by atoms with Crippen LogP contribution in [-0.4, -0.2) is 47.0 Å². The largest absolute Gasteiger partial charge is 0.387 e. The van der Waals surface area contributed by atoms with Crippen molar-refractivity contribution in [3.63, 3.8) is 0 Å². The third kappa shape index (κ3) is 8.64. The van der Waals surface area contributed by atoms with Gasteiger partial charge in [-0.3, -0.25) is 19.3 Å². The number of rotatable bonds is 6. The number of aliphatic hydroxyl groups is 1. The number of aryl methyl sites for hydroxylation is 2. The summed E-state index contributed by atoms with van der Waals surface area (Å²) >= 11 is 7.20. The van der Waals surface area contributed by atoms with Crippen LogP contribution < -0.4 is 16.1 Å². The van der Waals surface area contributed by atoms with Crippen molar-refractivity contribution in [1.29, 1.82) is 0 Å². The third-order valence-electron chi connectivity index (χ3n) is 6.93. The maximum absolute atomic E-state index is 12.9. The SMILES string of the molecule is C/C=C\C.Cc1cc(C(O)CN(C)Cc2cc3c4c(c2)c(=O)c(C(N)=O)cn4CC(=O)N3C)cs1.Cc1ccc(Cl)cc1. The number of pyridine rings is 1. The molecule has 5 rings (SSSR count).